The molecule has 0 heteroatoms. The first-order chi connectivity index (χ1) is 22.3. The number of hydrogen-bond donors (Lipinski definition) is 0. The van der Waals surface area contributed by atoms with Gasteiger partial charge in [0.15, 0.2) is 0 Å². The summed E-state index contributed by atoms with van der Waals surface area (Å²) in [6.07, 6.45) is 0. The van der Waals surface area contributed by atoms with Crippen molar-refractivity contribution in [2.75, 3.05) is 0 Å². The van der Waals surface area contributed by atoms with E-state index in [1.54, 1.807) is 0 Å². The van der Waals surface area contributed by atoms with Crippen LogP contribution in [0.4, 0.5) is 0 Å². The summed E-state index contributed by atoms with van der Waals surface area (Å²) < 4.78 is 0. The molecule has 8 aromatic carbocycles. The maximum Gasteiger partial charge on any atom is 0.0725 e. The van der Waals surface area contributed by atoms with Gasteiger partial charge in [-0.05, 0) is 124 Å². The Labute approximate surface area is 261 Å². The molecule has 0 aliphatic heterocycles. The average molecular weight is 567 g/mol. The normalized spacial score (nSPS) is 14.0. The molecule has 0 aromatic heterocycles. The Hall–Kier alpha value is -5.72. The van der Waals surface area contributed by atoms with Gasteiger partial charge in [-0.2, -0.15) is 0 Å². The third-order valence-electron chi connectivity index (χ3n) is 10.8. The first-order valence-electron chi connectivity index (χ1n) is 15.9. The van der Waals surface area contributed by atoms with E-state index in [4.69, 9.17) is 0 Å². The molecule has 0 fully saturated rings. The average Bonchev–Trinajstić information content (AvgIpc) is 3.70. The highest BCUT2D eigenvalue weighted by molar-refractivity contribution is 6.22. The fourth-order valence-electron chi connectivity index (χ4n) is 9.05. The van der Waals surface area contributed by atoms with Gasteiger partial charge >= 0.3 is 0 Å². The third kappa shape index (κ3) is 2.79. The van der Waals surface area contributed by atoms with Crippen molar-refractivity contribution >= 4 is 21.5 Å². The molecule has 0 saturated carbocycles. The van der Waals surface area contributed by atoms with Crippen LogP contribution >= 0.6 is 0 Å². The molecule has 0 bridgehead atoms. The summed E-state index contributed by atoms with van der Waals surface area (Å²) in [5.41, 5.74) is 18.6. The van der Waals surface area contributed by atoms with Gasteiger partial charge < -0.3 is 0 Å². The molecular formula is C45H26. The van der Waals surface area contributed by atoms with E-state index in [1.165, 1.54) is 99.4 Å². The van der Waals surface area contributed by atoms with Gasteiger partial charge in [-0.25, -0.2) is 0 Å². The molecule has 0 heterocycles. The molecule has 0 unspecified atom stereocenters. The Morgan fingerprint density at radius 1 is 0.311 bits per heavy atom. The van der Waals surface area contributed by atoms with Crippen LogP contribution in [-0.4, -0.2) is 0 Å². The highest BCUT2D eigenvalue weighted by atomic mass is 14.5. The maximum absolute atomic E-state index is 2.57. The van der Waals surface area contributed by atoms with E-state index >= 15 is 0 Å². The van der Waals surface area contributed by atoms with Crippen LogP contribution in [0, 0.1) is 0 Å². The van der Waals surface area contributed by atoms with Gasteiger partial charge in [0.25, 0.3) is 0 Å². The minimum absolute atomic E-state index is 0.343. The summed E-state index contributed by atoms with van der Waals surface area (Å²) in [6.45, 7) is 0. The summed E-state index contributed by atoms with van der Waals surface area (Å²) in [4.78, 5) is 0. The molecule has 0 amide bonds. The monoisotopic (exact) mass is 566 g/mol. The van der Waals surface area contributed by atoms with Gasteiger partial charge in [-0.3, -0.25) is 0 Å². The molecule has 3 aliphatic carbocycles. The van der Waals surface area contributed by atoms with E-state index < -0.39 is 0 Å². The van der Waals surface area contributed by atoms with E-state index in [9.17, 15) is 0 Å². The zero-order valence-corrected chi connectivity index (χ0v) is 24.5. The number of benzene rings is 8. The molecule has 206 valence electrons. The van der Waals surface area contributed by atoms with Gasteiger partial charge in [0.05, 0.1) is 5.41 Å². The Morgan fingerprint density at radius 2 is 0.911 bits per heavy atom. The number of hydrogen-bond acceptors (Lipinski definition) is 0. The Bertz CT molecular complexity index is 2540. The van der Waals surface area contributed by atoms with Crippen LogP contribution in [0.25, 0.3) is 77.2 Å². The van der Waals surface area contributed by atoms with Crippen LogP contribution in [-0.2, 0) is 5.41 Å². The summed E-state index contributed by atoms with van der Waals surface area (Å²) in [6, 6.07) is 59.3. The largest absolute Gasteiger partial charge is 0.0725 e. The molecule has 45 heavy (non-hydrogen) atoms. The van der Waals surface area contributed by atoms with Crippen molar-refractivity contribution in [3.8, 4) is 55.6 Å². The van der Waals surface area contributed by atoms with Crippen LogP contribution in [0.15, 0.2) is 158 Å². The van der Waals surface area contributed by atoms with Crippen molar-refractivity contribution in [1.82, 2.24) is 0 Å². The molecule has 11 rings (SSSR count). The lowest BCUT2D eigenvalue weighted by molar-refractivity contribution is 0.795. The smallest absolute Gasteiger partial charge is 0.0622 e. The van der Waals surface area contributed by atoms with Gasteiger partial charge in [0.2, 0.25) is 0 Å². The lowest BCUT2D eigenvalue weighted by Crippen LogP contribution is -2.25. The third-order valence-corrected chi connectivity index (χ3v) is 10.8. The summed E-state index contributed by atoms with van der Waals surface area (Å²) in [5, 5.41) is 5.31. The zero-order chi connectivity index (χ0) is 29.3. The van der Waals surface area contributed by atoms with Crippen molar-refractivity contribution in [2.24, 2.45) is 0 Å². The van der Waals surface area contributed by atoms with Crippen LogP contribution in [0.2, 0.25) is 0 Å². The molecule has 0 atom stereocenters. The van der Waals surface area contributed by atoms with Crippen LogP contribution in [0.1, 0.15) is 22.3 Å². The van der Waals surface area contributed by atoms with Gasteiger partial charge in [0, 0.05) is 0 Å². The standard InChI is InChI=1S/C45H26/c1-2-11-27(12-3-1)28-21-22-29-24-37-36(25-30(29)23-28)33-16-10-17-35-43(33)38(37)26-42-44(35)34-15-6-9-20-41(34)45(42)39-18-7-4-13-31(39)32-14-5-8-19-40(32)45/h1-26H. The SMILES string of the molecule is c1ccc(-c2ccc3cc4c(cc3c2)-c2cccc3c5c(cc-4c23)C2(c3ccccc3-c3ccccc32)c2ccccc2-5)cc1. The fourth-order valence-corrected chi connectivity index (χ4v) is 9.05. The van der Waals surface area contributed by atoms with E-state index in [-0.39, 0.29) is 5.41 Å². The van der Waals surface area contributed by atoms with Crippen molar-refractivity contribution in [3.63, 3.8) is 0 Å². The molecular weight excluding hydrogens is 540 g/mol. The predicted molar refractivity (Wildman–Crippen MR) is 188 cm³/mol. The van der Waals surface area contributed by atoms with E-state index in [1.807, 2.05) is 0 Å². The number of rotatable bonds is 1. The first kappa shape index (κ1) is 23.7. The van der Waals surface area contributed by atoms with Gasteiger partial charge in [0.1, 0.15) is 0 Å². The first-order valence-corrected chi connectivity index (χ1v) is 15.9. The summed E-state index contributed by atoms with van der Waals surface area (Å²) in [5.74, 6) is 0. The van der Waals surface area contributed by atoms with E-state index in [0.717, 1.165) is 0 Å². The second-order valence-corrected chi connectivity index (χ2v) is 12.8. The van der Waals surface area contributed by atoms with Crippen LogP contribution in [0.5, 0.6) is 0 Å². The summed E-state index contributed by atoms with van der Waals surface area (Å²) >= 11 is 0. The topological polar surface area (TPSA) is 0 Å². The molecule has 3 aliphatic rings. The van der Waals surface area contributed by atoms with Crippen LogP contribution in [0.3, 0.4) is 0 Å². The second kappa shape index (κ2) is 8.25. The van der Waals surface area contributed by atoms with Crippen molar-refractivity contribution < 1.29 is 0 Å². The lowest BCUT2D eigenvalue weighted by atomic mass is 9.70. The van der Waals surface area contributed by atoms with Crippen LogP contribution < -0.4 is 0 Å². The lowest BCUT2D eigenvalue weighted by Gasteiger charge is -2.30. The zero-order valence-electron chi connectivity index (χ0n) is 24.5. The van der Waals surface area contributed by atoms with E-state index in [2.05, 4.69) is 158 Å². The molecule has 0 radical (unpaired) electrons. The molecule has 1 spiro atoms. The van der Waals surface area contributed by atoms with Crippen molar-refractivity contribution in [2.45, 2.75) is 5.41 Å². The Morgan fingerprint density at radius 3 is 1.67 bits per heavy atom. The van der Waals surface area contributed by atoms with Gasteiger partial charge in [-0.1, -0.05) is 133 Å². The Balaban J connectivity index is 1.25. The molecule has 8 aromatic rings. The minimum Gasteiger partial charge on any atom is -0.0622 e. The second-order valence-electron chi connectivity index (χ2n) is 12.8. The van der Waals surface area contributed by atoms with Crippen molar-refractivity contribution in [1.29, 1.82) is 0 Å². The highest BCUT2D eigenvalue weighted by Gasteiger charge is 2.52. The fraction of sp³-hybridized carbons (Fsp3) is 0.0222. The predicted octanol–water partition coefficient (Wildman–Crippen LogP) is 11.7. The Kier molecular flexibility index (Phi) is 4.35. The number of fused-ring (bicyclic) bond motifs is 15. The van der Waals surface area contributed by atoms with Crippen molar-refractivity contribution in [3.05, 3.63) is 180 Å². The summed E-state index contributed by atoms with van der Waals surface area (Å²) in [7, 11) is 0. The van der Waals surface area contributed by atoms with E-state index in [0.29, 0.717) is 0 Å². The highest BCUT2D eigenvalue weighted by Crippen LogP contribution is 2.65. The molecule has 0 saturated heterocycles. The maximum atomic E-state index is 2.57. The minimum atomic E-state index is -0.343. The quantitative estimate of drug-likeness (QED) is 0.185. The van der Waals surface area contributed by atoms with Gasteiger partial charge in [-0.15, -0.1) is 0 Å². The molecule has 0 N–H and O–H groups in total. The molecule has 0 nitrogen and oxygen atoms in total.